The van der Waals surface area contributed by atoms with E-state index in [0.29, 0.717) is 0 Å². The number of aliphatic hydroxyl groups is 2. The predicted molar refractivity (Wildman–Crippen MR) is 76.8 cm³/mol. The lowest BCUT2D eigenvalue weighted by Crippen LogP contribution is -2.37. The molecule has 25 heavy (non-hydrogen) atoms. The second kappa shape index (κ2) is 7.92. The molecule has 12 heteroatoms. The molecule has 0 radical (unpaired) electrons. The van der Waals surface area contributed by atoms with Crippen molar-refractivity contribution >= 4 is 12.1 Å². The minimum atomic E-state index is -1.51. The Morgan fingerprint density at radius 1 is 1.24 bits per heavy atom. The quantitative estimate of drug-likeness (QED) is 0.406. The van der Waals surface area contributed by atoms with Crippen LogP contribution in [0.15, 0.2) is 21.9 Å². The topological polar surface area (TPSA) is 177 Å². The summed E-state index contributed by atoms with van der Waals surface area (Å²) in [6.07, 6.45) is -5.92. The van der Waals surface area contributed by atoms with E-state index in [0.717, 1.165) is 16.8 Å². The zero-order valence-electron chi connectivity index (χ0n) is 12.7. The largest absolute Gasteiger partial charge is 0.508 e. The first kappa shape index (κ1) is 18.6. The Morgan fingerprint density at radius 2 is 1.96 bits per heavy atom. The predicted octanol–water partition coefficient (Wildman–Crippen LogP) is -2.22. The minimum absolute atomic E-state index is 0.389. The molecular formula is C13H16N2O10. The van der Waals surface area contributed by atoms with Gasteiger partial charge in [-0.3, -0.25) is 19.1 Å². The van der Waals surface area contributed by atoms with Crippen LogP contribution in [0, 0.1) is 0 Å². The highest BCUT2D eigenvalue weighted by molar-refractivity contribution is 5.67. The Morgan fingerprint density at radius 3 is 2.60 bits per heavy atom. The number of H-pyrrole nitrogens is 1. The Kier molecular flexibility index (Phi) is 5.90. The van der Waals surface area contributed by atoms with Gasteiger partial charge in [0.25, 0.3) is 5.56 Å². The molecule has 0 aromatic carbocycles. The maximum absolute atomic E-state index is 11.7. The molecule has 1 aliphatic heterocycles. The third-order valence-electron chi connectivity index (χ3n) is 3.36. The van der Waals surface area contributed by atoms with Crippen molar-refractivity contribution in [3.05, 3.63) is 33.1 Å². The lowest BCUT2D eigenvalue weighted by atomic mass is 10.1. The number of ether oxygens (including phenoxy) is 3. The van der Waals surface area contributed by atoms with Crippen LogP contribution in [-0.4, -0.2) is 68.5 Å². The molecular weight excluding hydrogens is 344 g/mol. The van der Waals surface area contributed by atoms with Gasteiger partial charge < -0.3 is 29.5 Å². The number of carboxylic acid groups (broad SMARTS) is 1. The number of aromatic amines is 1. The second-order valence-corrected chi connectivity index (χ2v) is 5.12. The van der Waals surface area contributed by atoms with E-state index in [2.05, 4.69) is 9.47 Å². The number of rotatable bonds is 6. The van der Waals surface area contributed by atoms with Gasteiger partial charge in [0.2, 0.25) is 0 Å². The lowest BCUT2D eigenvalue weighted by Gasteiger charge is -2.16. The first-order chi connectivity index (χ1) is 11.8. The highest BCUT2D eigenvalue weighted by Crippen LogP contribution is 2.28. The lowest BCUT2D eigenvalue weighted by molar-refractivity contribution is -0.137. The summed E-state index contributed by atoms with van der Waals surface area (Å²) in [7, 11) is 0. The van der Waals surface area contributed by atoms with Crippen molar-refractivity contribution < 1.29 is 39.1 Å². The number of aliphatic carboxylic acids is 1. The third-order valence-corrected chi connectivity index (χ3v) is 3.36. The van der Waals surface area contributed by atoms with Gasteiger partial charge in [-0.2, -0.15) is 0 Å². The van der Waals surface area contributed by atoms with Gasteiger partial charge in [-0.25, -0.2) is 9.59 Å². The highest BCUT2D eigenvalue weighted by Gasteiger charge is 2.44. The molecule has 12 nitrogen and oxygen atoms in total. The molecule has 0 amide bonds. The SMILES string of the molecule is O=C(O)CCOC(=O)OC[C@H]1O[C@@H](n2ccc(=O)[nH]c2=O)[C@H](O)[C@@H]1O. The maximum Gasteiger partial charge on any atom is 0.508 e. The summed E-state index contributed by atoms with van der Waals surface area (Å²) in [6.45, 7) is -0.890. The first-order valence-electron chi connectivity index (χ1n) is 7.14. The molecule has 1 aliphatic rings. The monoisotopic (exact) mass is 360 g/mol. The summed E-state index contributed by atoms with van der Waals surface area (Å²) in [5, 5.41) is 28.3. The third kappa shape index (κ3) is 4.65. The normalized spacial score (nSPS) is 25.5. The maximum atomic E-state index is 11.7. The van der Waals surface area contributed by atoms with Crippen LogP contribution in [0.3, 0.4) is 0 Å². The van der Waals surface area contributed by atoms with Crippen LogP contribution in [0.2, 0.25) is 0 Å². The molecule has 1 saturated heterocycles. The van der Waals surface area contributed by atoms with Crippen LogP contribution in [0.5, 0.6) is 0 Å². The molecule has 2 rings (SSSR count). The Labute approximate surface area is 139 Å². The number of aromatic nitrogens is 2. The van der Waals surface area contributed by atoms with E-state index < -0.39 is 60.9 Å². The van der Waals surface area contributed by atoms with E-state index in [1.165, 1.54) is 0 Å². The van der Waals surface area contributed by atoms with E-state index in [1.807, 2.05) is 4.98 Å². The van der Waals surface area contributed by atoms with Crippen molar-refractivity contribution in [2.24, 2.45) is 0 Å². The first-order valence-corrected chi connectivity index (χ1v) is 7.14. The molecule has 1 fully saturated rings. The fraction of sp³-hybridized carbons (Fsp3) is 0.538. The number of hydrogen-bond donors (Lipinski definition) is 4. The van der Waals surface area contributed by atoms with E-state index in [-0.39, 0.29) is 6.61 Å². The summed E-state index contributed by atoms with van der Waals surface area (Å²) in [4.78, 5) is 46.3. The van der Waals surface area contributed by atoms with Crippen molar-refractivity contribution in [1.82, 2.24) is 9.55 Å². The second-order valence-electron chi connectivity index (χ2n) is 5.12. The molecule has 0 spiro atoms. The molecule has 0 aliphatic carbocycles. The number of carbonyl (C=O) groups is 2. The number of nitrogens with one attached hydrogen (secondary N) is 1. The number of carboxylic acids is 1. The number of nitrogens with zero attached hydrogens (tertiary/aromatic N) is 1. The summed E-state index contributed by atoms with van der Waals surface area (Å²) in [6, 6.07) is 1.04. The fourth-order valence-electron chi connectivity index (χ4n) is 2.14. The van der Waals surface area contributed by atoms with Gasteiger partial charge in [0.05, 0.1) is 6.42 Å². The number of carbonyl (C=O) groups excluding carboxylic acids is 1. The number of hydrogen-bond acceptors (Lipinski definition) is 9. The van der Waals surface area contributed by atoms with Gasteiger partial charge in [-0.05, 0) is 0 Å². The molecule has 1 aromatic rings. The van der Waals surface area contributed by atoms with Gasteiger partial charge >= 0.3 is 17.8 Å². The molecule has 4 atom stereocenters. The minimum Gasteiger partial charge on any atom is -0.481 e. The average molecular weight is 360 g/mol. The molecule has 4 N–H and O–H groups in total. The zero-order chi connectivity index (χ0) is 18.6. The van der Waals surface area contributed by atoms with E-state index in [4.69, 9.17) is 9.84 Å². The number of aliphatic hydroxyl groups excluding tert-OH is 2. The Hall–Kier alpha value is -2.70. The van der Waals surface area contributed by atoms with Crippen LogP contribution in [-0.2, 0) is 19.0 Å². The van der Waals surface area contributed by atoms with Crippen LogP contribution in [0.1, 0.15) is 12.6 Å². The molecule has 0 bridgehead atoms. The summed E-state index contributed by atoms with van der Waals surface area (Å²) < 4.78 is 15.3. The standard InChI is InChI=1S/C13H16N2O10/c16-7-1-3-15(12(21)14-7)11-10(20)9(19)6(25-11)5-24-13(22)23-4-2-8(17)18/h1,3,6,9-11,19-20H,2,4-5H2,(H,17,18)(H,14,16,21)/t6-,9-,10-,11-/m1/s1. The van der Waals surface area contributed by atoms with Crippen molar-refractivity contribution in [1.29, 1.82) is 0 Å². The molecule has 0 unspecified atom stereocenters. The zero-order valence-corrected chi connectivity index (χ0v) is 12.7. The van der Waals surface area contributed by atoms with E-state index in [9.17, 15) is 29.4 Å². The molecule has 2 heterocycles. The van der Waals surface area contributed by atoms with Gasteiger partial charge in [0.15, 0.2) is 6.23 Å². The van der Waals surface area contributed by atoms with Crippen molar-refractivity contribution in [3.63, 3.8) is 0 Å². The van der Waals surface area contributed by atoms with Crippen molar-refractivity contribution in [2.75, 3.05) is 13.2 Å². The van der Waals surface area contributed by atoms with Crippen LogP contribution in [0.4, 0.5) is 4.79 Å². The van der Waals surface area contributed by atoms with Crippen molar-refractivity contribution in [3.8, 4) is 0 Å². The van der Waals surface area contributed by atoms with Gasteiger partial charge in [0.1, 0.15) is 31.5 Å². The molecule has 0 saturated carbocycles. The highest BCUT2D eigenvalue weighted by atomic mass is 16.7. The summed E-state index contributed by atoms with van der Waals surface area (Å²) >= 11 is 0. The van der Waals surface area contributed by atoms with Gasteiger partial charge in [-0.1, -0.05) is 0 Å². The molecule has 1 aromatic heterocycles. The van der Waals surface area contributed by atoms with E-state index >= 15 is 0 Å². The van der Waals surface area contributed by atoms with E-state index in [1.54, 1.807) is 0 Å². The van der Waals surface area contributed by atoms with Crippen LogP contribution >= 0.6 is 0 Å². The summed E-state index contributed by atoms with van der Waals surface area (Å²) in [5.41, 5.74) is -1.49. The van der Waals surface area contributed by atoms with Gasteiger partial charge in [0, 0.05) is 12.3 Å². The van der Waals surface area contributed by atoms with Crippen molar-refractivity contribution in [2.45, 2.75) is 31.0 Å². The van der Waals surface area contributed by atoms with Gasteiger partial charge in [-0.15, -0.1) is 0 Å². The Bertz CT molecular complexity index is 741. The van der Waals surface area contributed by atoms with Crippen LogP contribution < -0.4 is 11.2 Å². The van der Waals surface area contributed by atoms with Crippen LogP contribution in [0.25, 0.3) is 0 Å². The smallest absolute Gasteiger partial charge is 0.481 e. The summed E-state index contributed by atoms with van der Waals surface area (Å²) in [5.74, 6) is -1.15. The average Bonchev–Trinajstić information content (AvgIpc) is 2.81. The fourth-order valence-corrected chi connectivity index (χ4v) is 2.14. The molecule has 138 valence electrons. The Balaban J connectivity index is 1.93.